The van der Waals surface area contributed by atoms with Crippen molar-refractivity contribution in [1.29, 1.82) is 0 Å². The molecule has 4 heteroatoms. The van der Waals surface area contributed by atoms with Crippen LogP contribution in [0.5, 0.6) is 0 Å². The summed E-state index contributed by atoms with van der Waals surface area (Å²) in [7, 11) is 0. The second kappa shape index (κ2) is 8.62. The van der Waals surface area contributed by atoms with Crippen molar-refractivity contribution >= 4 is 23.0 Å². The van der Waals surface area contributed by atoms with Gasteiger partial charge in [0.15, 0.2) is 5.11 Å². The van der Waals surface area contributed by atoms with E-state index in [9.17, 15) is 0 Å². The second-order valence-corrected chi connectivity index (χ2v) is 9.10. The molecule has 0 aromatic heterocycles. The molecule has 2 bridgehead atoms. The van der Waals surface area contributed by atoms with E-state index in [4.69, 9.17) is 12.2 Å². The highest BCUT2D eigenvalue weighted by molar-refractivity contribution is 7.80. The average Bonchev–Trinajstić information content (AvgIpc) is 2.66. The zero-order chi connectivity index (χ0) is 19.5. The molecule has 0 spiro atoms. The normalized spacial score (nSPS) is 26.5. The summed E-state index contributed by atoms with van der Waals surface area (Å²) in [5.41, 5.74) is 5.14. The molecule has 0 radical (unpaired) electrons. The number of hydrogen-bond donors (Lipinski definition) is 3. The van der Waals surface area contributed by atoms with Gasteiger partial charge in [-0.1, -0.05) is 47.5 Å². The highest BCUT2D eigenvalue weighted by atomic mass is 32.1. The van der Waals surface area contributed by atoms with Crippen LogP contribution in [0.2, 0.25) is 0 Å². The highest BCUT2D eigenvalue weighted by Crippen LogP contribution is 2.23. The lowest BCUT2D eigenvalue weighted by Crippen LogP contribution is -3.20. The number of aryl methyl sites for hydroxylation is 2. The molecule has 2 aromatic rings. The molecule has 28 heavy (non-hydrogen) atoms. The van der Waals surface area contributed by atoms with Gasteiger partial charge in [0.05, 0.1) is 12.1 Å². The van der Waals surface area contributed by atoms with E-state index in [2.05, 4.69) is 73.0 Å². The van der Waals surface area contributed by atoms with E-state index >= 15 is 0 Å². The summed E-state index contributed by atoms with van der Waals surface area (Å²) < 4.78 is 0. The first-order valence-electron chi connectivity index (χ1n) is 10.6. The van der Waals surface area contributed by atoms with E-state index in [1.807, 2.05) is 0 Å². The molecule has 2 aromatic carbocycles. The lowest BCUT2D eigenvalue weighted by atomic mass is 9.81. The topological polar surface area (TPSA) is 28.5 Å². The molecule has 3 N–H and O–H groups in total. The van der Waals surface area contributed by atoms with Crippen molar-refractivity contribution in [3.8, 4) is 0 Å². The van der Waals surface area contributed by atoms with Crippen molar-refractivity contribution in [3.05, 3.63) is 65.2 Å². The van der Waals surface area contributed by atoms with Crippen molar-refractivity contribution < 1.29 is 4.90 Å². The molecule has 4 atom stereocenters. The van der Waals surface area contributed by atoms with Gasteiger partial charge in [0.2, 0.25) is 0 Å². The standard InChI is InChI=1S/C24H31N3S/c1-17-6-10-19(11-7-17)16-27-22-4-3-5-23(27)15-21(14-22)26-24(28)25-20-12-8-18(2)9-13-20/h6-13,21-23H,3-5,14-16H2,1-2H3,(H2,25,26,28)/p+1/t21?,22-,23+. The van der Waals surface area contributed by atoms with Crippen LogP contribution in [-0.4, -0.2) is 23.2 Å². The van der Waals surface area contributed by atoms with Crippen LogP contribution in [0.4, 0.5) is 5.69 Å². The molecule has 0 aliphatic carbocycles. The number of piperidine rings is 2. The Morgan fingerprint density at radius 1 is 0.929 bits per heavy atom. The lowest BCUT2D eigenvalue weighted by molar-refractivity contribution is -0.973. The van der Waals surface area contributed by atoms with Crippen LogP contribution >= 0.6 is 12.2 Å². The van der Waals surface area contributed by atoms with Crippen LogP contribution in [0, 0.1) is 13.8 Å². The van der Waals surface area contributed by atoms with Crippen molar-refractivity contribution in [1.82, 2.24) is 5.32 Å². The fraction of sp³-hybridized carbons (Fsp3) is 0.458. The number of thiocarbonyl (C=S) groups is 1. The molecule has 0 amide bonds. The van der Waals surface area contributed by atoms with Gasteiger partial charge in [-0.05, 0) is 57.5 Å². The minimum Gasteiger partial charge on any atom is -0.359 e. The molecular formula is C24H32N3S+. The Balaban J connectivity index is 1.35. The Hall–Kier alpha value is -1.91. The fourth-order valence-electron chi connectivity index (χ4n) is 4.97. The molecule has 2 aliphatic heterocycles. The van der Waals surface area contributed by atoms with E-state index in [-0.39, 0.29) is 0 Å². The smallest absolute Gasteiger partial charge is 0.171 e. The number of quaternary nitrogens is 1. The van der Waals surface area contributed by atoms with Gasteiger partial charge < -0.3 is 15.5 Å². The minimum absolute atomic E-state index is 0.488. The Kier molecular flexibility index (Phi) is 5.98. The minimum atomic E-state index is 0.488. The van der Waals surface area contributed by atoms with E-state index in [1.54, 1.807) is 4.90 Å². The summed E-state index contributed by atoms with van der Waals surface area (Å²) in [6.45, 7) is 5.43. The monoisotopic (exact) mass is 394 g/mol. The van der Waals surface area contributed by atoms with Crippen molar-refractivity contribution in [2.45, 2.75) is 70.6 Å². The molecule has 148 valence electrons. The summed E-state index contributed by atoms with van der Waals surface area (Å²) in [6.07, 6.45) is 6.49. The molecular weight excluding hydrogens is 362 g/mol. The Labute approximate surface area is 174 Å². The van der Waals surface area contributed by atoms with Gasteiger partial charge >= 0.3 is 0 Å². The molecule has 2 fully saturated rings. The maximum Gasteiger partial charge on any atom is 0.171 e. The third-order valence-electron chi connectivity index (χ3n) is 6.47. The van der Waals surface area contributed by atoms with Crippen LogP contribution in [0.3, 0.4) is 0 Å². The van der Waals surface area contributed by atoms with Crippen molar-refractivity contribution in [2.75, 3.05) is 5.32 Å². The number of nitrogens with one attached hydrogen (secondary N) is 3. The largest absolute Gasteiger partial charge is 0.359 e. The molecule has 4 rings (SSSR count). The molecule has 0 saturated carbocycles. The summed E-state index contributed by atoms with van der Waals surface area (Å²) in [5, 5.41) is 7.72. The number of hydrogen-bond acceptors (Lipinski definition) is 1. The van der Waals surface area contributed by atoms with Crippen molar-refractivity contribution in [3.63, 3.8) is 0 Å². The maximum absolute atomic E-state index is 5.60. The van der Waals surface area contributed by atoms with Gasteiger partial charge in [-0.25, -0.2) is 0 Å². The van der Waals surface area contributed by atoms with Crippen molar-refractivity contribution in [2.24, 2.45) is 0 Å². The van der Waals surface area contributed by atoms with E-state index < -0.39 is 0 Å². The second-order valence-electron chi connectivity index (χ2n) is 8.69. The molecule has 2 heterocycles. The number of fused-ring (bicyclic) bond motifs is 2. The van der Waals surface area contributed by atoms with Gasteiger partial charge in [-0.3, -0.25) is 0 Å². The predicted octanol–water partition coefficient (Wildman–Crippen LogP) is 3.76. The summed E-state index contributed by atoms with van der Waals surface area (Å²) in [6, 6.07) is 19.5. The molecule has 3 nitrogen and oxygen atoms in total. The molecule has 2 aliphatic rings. The van der Waals surface area contributed by atoms with Gasteiger partial charge in [-0.2, -0.15) is 0 Å². The summed E-state index contributed by atoms with van der Waals surface area (Å²) in [5.74, 6) is 0. The first-order valence-corrected chi connectivity index (χ1v) is 11.0. The van der Waals surface area contributed by atoms with Crippen LogP contribution in [0.15, 0.2) is 48.5 Å². The van der Waals surface area contributed by atoms with E-state index in [0.29, 0.717) is 6.04 Å². The van der Waals surface area contributed by atoms with Crippen LogP contribution in [-0.2, 0) is 6.54 Å². The summed E-state index contributed by atoms with van der Waals surface area (Å²) in [4.78, 5) is 1.80. The Morgan fingerprint density at radius 2 is 1.50 bits per heavy atom. The fourth-order valence-corrected chi connectivity index (χ4v) is 5.26. The third kappa shape index (κ3) is 4.73. The maximum atomic E-state index is 5.60. The van der Waals surface area contributed by atoms with Crippen LogP contribution in [0.1, 0.15) is 48.8 Å². The average molecular weight is 395 g/mol. The van der Waals surface area contributed by atoms with Crippen LogP contribution < -0.4 is 15.5 Å². The Bertz CT molecular complexity index is 786. The quantitative estimate of drug-likeness (QED) is 0.690. The van der Waals surface area contributed by atoms with Crippen LogP contribution in [0.25, 0.3) is 0 Å². The zero-order valence-electron chi connectivity index (χ0n) is 17.0. The van der Waals surface area contributed by atoms with Gasteiger partial charge in [0, 0.05) is 30.1 Å². The van der Waals surface area contributed by atoms with Gasteiger partial charge in [0.25, 0.3) is 0 Å². The predicted molar refractivity (Wildman–Crippen MR) is 121 cm³/mol. The summed E-state index contributed by atoms with van der Waals surface area (Å²) >= 11 is 5.60. The SMILES string of the molecule is Cc1ccc(C[NH+]2[C@@H]3CCC[C@H]2CC(NC(=S)Nc2ccc(C)cc2)C3)cc1. The molecule has 2 unspecified atom stereocenters. The third-order valence-corrected chi connectivity index (χ3v) is 6.69. The highest BCUT2D eigenvalue weighted by Gasteiger charge is 2.41. The first kappa shape index (κ1) is 19.4. The number of rotatable bonds is 4. The van der Waals surface area contributed by atoms with Gasteiger partial charge in [0.1, 0.15) is 6.54 Å². The Morgan fingerprint density at radius 3 is 2.11 bits per heavy atom. The zero-order valence-corrected chi connectivity index (χ0v) is 17.8. The van der Waals surface area contributed by atoms with E-state index in [1.165, 1.54) is 48.8 Å². The van der Waals surface area contributed by atoms with E-state index in [0.717, 1.165) is 29.4 Å². The van der Waals surface area contributed by atoms with Gasteiger partial charge in [-0.15, -0.1) is 0 Å². The number of anilines is 1. The number of benzene rings is 2. The first-order chi connectivity index (χ1) is 13.6. The lowest BCUT2D eigenvalue weighted by Gasteiger charge is -2.46. The molecule has 2 saturated heterocycles.